The number of benzene rings is 1. The summed E-state index contributed by atoms with van der Waals surface area (Å²) < 4.78 is 0. The van der Waals surface area contributed by atoms with Gasteiger partial charge in [-0.1, -0.05) is 12.1 Å². The zero-order valence-electron chi connectivity index (χ0n) is 7.74. The van der Waals surface area contributed by atoms with E-state index in [1.54, 1.807) is 0 Å². The minimum atomic E-state index is 0.631. The van der Waals surface area contributed by atoms with Gasteiger partial charge in [0.05, 0.1) is 0 Å². The second-order valence-electron chi connectivity index (χ2n) is 3.39. The highest BCUT2D eigenvalue weighted by Crippen LogP contribution is 2.19. The van der Waals surface area contributed by atoms with Crippen LogP contribution in [0.1, 0.15) is 12.0 Å². The molecule has 1 aliphatic rings. The first kappa shape index (κ1) is 8.57. The molecule has 69 valence electrons. The van der Waals surface area contributed by atoms with Crippen molar-refractivity contribution in [2.24, 2.45) is 5.73 Å². The van der Waals surface area contributed by atoms with Crippen LogP contribution >= 0.6 is 0 Å². The van der Waals surface area contributed by atoms with Gasteiger partial charge in [-0.3, -0.25) is 0 Å². The lowest BCUT2D eigenvalue weighted by atomic mass is 10.2. The molecule has 1 fully saturated rings. The van der Waals surface area contributed by atoms with Gasteiger partial charge in [0.15, 0.2) is 0 Å². The standard InChI is InChI=1S/C11H15N2/c12-9-10-3-5-11(6-4-10)13-7-1-2-8-13/h1,3-6H,2,7-9,12H2. The average molecular weight is 175 g/mol. The summed E-state index contributed by atoms with van der Waals surface area (Å²) in [6.45, 7) is 2.87. The third-order valence-corrected chi connectivity index (χ3v) is 2.49. The summed E-state index contributed by atoms with van der Waals surface area (Å²) in [7, 11) is 0. The second kappa shape index (κ2) is 3.79. The molecule has 0 atom stereocenters. The van der Waals surface area contributed by atoms with Gasteiger partial charge in [-0.05, 0) is 30.5 Å². The van der Waals surface area contributed by atoms with Crippen LogP contribution in [-0.2, 0) is 6.54 Å². The Morgan fingerprint density at radius 3 is 2.54 bits per heavy atom. The van der Waals surface area contributed by atoms with Crippen molar-refractivity contribution in [1.29, 1.82) is 0 Å². The maximum atomic E-state index is 5.53. The van der Waals surface area contributed by atoms with Gasteiger partial charge in [-0.25, -0.2) is 0 Å². The Labute approximate surface area is 79.4 Å². The summed E-state index contributed by atoms with van der Waals surface area (Å²) in [5.41, 5.74) is 8.05. The molecule has 2 rings (SSSR count). The molecule has 0 aliphatic carbocycles. The van der Waals surface area contributed by atoms with Gasteiger partial charge in [-0.2, -0.15) is 0 Å². The van der Waals surface area contributed by atoms with Crippen molar-refractivity contribution in [3.8, 4) is 0 Å². The molecule has 0 aromatic heterocycles. The van der Waals surface area contributed by atoms with Crippen molar-refractivity contribution >= 4 is 5.69 Å². The minimum Gasteiger partial charge on any atom is -0.371 e. The van der Waals surface area contributed by atoms with E-state index in [1.807, 2.05) is 0 Å². The SMILES string of the molecule is NCc1ccc(N2C[CH]CC2)cc1. The third-order valence-electron chi connectivity index (χ3n) is 2.49. The van der Waals surface area contributed by atoms with E-state index < -0.39 is 0 Å². The average Bonchev–Trinajstić information content (AvgIpc) is 2.71. The molecular weight excluding hydrogens is 160 g/mol. The van der Waals surface area contributed by atoms with Crippen LogP contribution < -0.4 is 10.6 Å². The van der Waals surface area contributed by atoms with Crippen molar-refractivity contribution in [3.05, 3.63) is 36.2 Å². The Morgan fingerprint density at radius 1 is 1.23 bits per heavy atom. The summed E-state index contributed by atoms with van der Waals surface area (Å²) in [6.07, 6.45) is 3.52. The van der Waals surface area contributed by atoms with E-state index in [1.165, 1.54) is 17.7 Å². The fourth-order valence-corrected chi connectivity index (χ4v) is 1.66. The van der Waals surface area contributed by atoms with Gasteiger partial charge < -0.3 is 10.6 Å². The number of hydrogen-bond acceptors (Lipinski definition) is 2. The normalized spacial score (nSPS) is 16.5. The molecule has 1 radical (unpaired) electrons. The zero-order valence-corrected chi connectivity index (χ0v) is 7.74. The maximum absolute atomic E-state index is 5.53. The van der Waals surface area contributed by atoms with Crippen LogP contribution in [-0.4, -0.2) is 13.1 Å². The number of nitrogens with zero attached hydrogens (tertiary/aromatic N) is 1. The Bertz CT molecular complexity index is 260. The van der Waals surface area contributed by atoms with Crippen molar-refractivity contribution in [1.82, 2.24) is 0 Å². The molecule has 0 unspecified atom stereocenters. The number of anilines is 1. The van der Waals surface area contributed by atoms with Crippen LogP contribution in [0.15, 0.2) is 24.3 Å². The molecule has 1 heterocycles. The molecule has 0 amide bonds. The van der Waals surface area contributed by atoms with E-state index in [0.29, 0.717) is 6.54 Å². The Hall–Kier alpha value is -1.02. The number of rotatable bonds is 2. The van der Waals surface area contributed by atoms with Gasteiger partial charge in [0, 0.05) is 25.3 Å². The van der Waals surface area contributed by atoms with E-state index in [4.69, 9.17) is 5.73 Å². The van der Waals surface area contributed by atoms with Crippen molar-refractivity contribution in [3.63, 3.8) is 0 Å². The molecule has 1 aliphatic heterocycles. The zero-order chi connectivity index (χ0) is 9.10. The van der Waals surface area contributed by atoms with E-state index >= 15 is 0 Å². The molecule has 0 bridgehead atoms. The Kier molecular flexibility index (Phi) is 2.50. The quantitative estimate of drug-likeness (QED) is 0.739. The predicted molar refractivity (Wildman–Crippen MR) is 55.5 cm³/mol. The Morgan fingerprint density at radius 2 is 2.00 bits per heavy atom. The molecule has 1 saturated heterocycles. The topological polar surface area (TPSA) is 29.3 Å². The highest BCUT2D eigenvalue weighted by molar-refractivity contribution is 5.49. The summed E-state index contributed by atoms with van der Waals surface area (Å²) in [6, 6.07) is 8.52. The van der Waals surface area contributed by atoms with Gasteiger partial charge in [0.25, 0.3) is 0 Å². The molecule has 0 saturated carbocycles. The van der Waals surface area contributed by atoms with Gasteiger partial charge in [0.1, 0.15) is 0 Å². The fraction of sp³-hybridized carbons (Fsp3) is 0.364. The van der Waals surface area contributed by atoms with E-state index in [9.17, 15) is 0 Å². The van der Waals surface area contributed by atoms with Crippen molar-refractivity contribution in [2.45, 2.75) is 13.0 Å². The van der Waals surface area contributed by atoms with Crippen LogP contribution in [0, 0.1) is 6.42 Å². The monoisotopic (exact) mass is 175 g/mol. The highest BCUT2D eigenvalue weighted by atomic mass is 15.1. The summed E-state index contributed by atoms with van der Waals surface area (Å²) >= 11 is 0. The van der Waals surface area contributed by atoms with E-state index in [0.717, 1.165) is 13.1 Å². The Balaban J connectivity index is 2.12. The first-order valence-electron chi connectivity index (χ1n) is 4.76. The van der Waals surface area contributed by atoms with Crippen LogP contribution in [0.5, 0.6) is 0 Å². The van der Waals surface area contributed by atoms with Gasteiger partial charge >= 0.3 is 0 Å². The maximum Gasteiger partial charge on any atom is 0.0366 e. The van der Waals surface area contributed by atoms with E-state index in [2.05, 4.69) is 35.6 Å². The molecule has 1 aromatic carbocycles. The van der Waals surface area contributed by atoms with Crippen LogP contribution in [0.2, 0.25) is 0 Å². The van der Waals surface area contributed by atoms with Crippen molar-refractivity contribution < 1.29 is 0 Å². The first-order chi connectivity index (χ1) is 6.40. The highest BCUT2D eigenvalue weighted by Gasteiger charge is 2.11. The third kappa shape index (κ3) is 1.83. The lowest BCUT2D eigenvalue weighted by Crippen LogP contribution is -2.17. The smallest absolute Gasteiger partial charge is 0.0366 e. The summed E-state index contributed by atoms with van der Waals surface area (Å²) in [4.78, 5) is 2.38. The molecular formula is C11H15N2. The lowest BCUT2D eigenvalue weighted by Gasteiger charge is -2.17. The second-order valence-corrected chi connectivity index (χ2v) is 3.39. The number of hydrogen-bond donors (Lipinski definition) is 1. The summed E-state index contributed by atoms with van der Waals surface area (Å²) in [5, 5.41) is 0. The molecule has 1 aromatic rings. The molecule has 2 N–H and O–H groups in total. The van der Waals surface area contributed by atoms with Crippen LogP contribution in [0.25, 0.3) is 0 Å². The van der Waals surface area contributed by atoms with Crippen LogP contribution in [0.4, 0.5) is 5.69 Å². The molecule has 2 nitrogen and oxygen atoms in total. The molecule has 0 spiro atoms. The minimum absolute atomic E-state index is 0.631. The first-order valence-corrected chi connectivity index (χ1v) is 4.76. The van der Waals surface area contributed by atoms with Gasteiger partial charge in [0.2, 0.25) is 0 Å². The lowest BCUT2D eigenvalue weighted by molar-refractivity contribution is 0.965. The van der Waals surface area contributed by atoms with Crippen molar-refractivity contribution in [2.75, 3.05) is 18.0 Å². The van der Waals surface area contributed by atoms with Crippen LogP contribution in [0.3, 0.4) is 0 Å². The molecule has 2 heteroatoms. The predicted octanol–water partition coefficient (Wildman–Crippen LogP) is 1.56. The van der Waals surface area contributed by atoms with E-state index in [-0.39, 0.29) is 0 Å². The fourth-order valence-electron chi connectivity index (χ4n) is 1.66. The molecule has 13 heavy (non-hydrogen) atoms. The largest absolute Gasteiger partial charge is 0.371 e. The van der Waals surface area contributed by atoms with Gasteiger partial charge in [-0.15, -0.1) is 0 Å². The number of nitrogens with two attached hydrogens (primary N) is 1. The summed E-state index contributed by atoms with van der Waals surface area (Å²) in [5.74, 6) is 0.